The van der Waals surface area contributed by atoms with Crippen molar-refractivity contribution >= 4 is 5.91 Å². The molecule has 16 heavy (non-hydrogen) atoms. The summed E-state index contributed by atoms with van der Waals surface area (Å²) in [5, 5.41) is 12.8. The Hall–Kier alpha value is -2.57. The van der Waals surface area contributed by atoms with Gasteiger partial charge in [0, 0.05) is 11.1 Å². The molecule has 0 saturated carbocycles. The molecule has 1 aromatic heterocycles. The average molecular weight is 217 g/mol. The molecule has 0 aliphatic rings. The number of primary amides is 1. The molecule has 0 radical (unpaired) electrons. The van der Waals surface area contributed by atoms with Crippen LogP contribution in [0.15, 0.2) is 29.1 Å². The minimum atomic E-state index is -0.613. The van der Waals surface area contributed by atoms with E-state index in [1.165, 1.54) is 0 Å². The largest absolute Gasteiger partial charge is 0.380 e. The molecule has 1 heterocycles. The lowest BCUT2D eigenvalue weighted by Gasteiger charge is -1.98. The summed E-state index contributed by atoms with van der Waals surface area (Å²) in [5.41, 5.74) is 5.50. The Bertz CT molecular complexity index is 555. The molecular formula is C9H7N5O2. The number of hydrogen-bond donors (Lipinski definition) is 2. The van der Waals surface area contributed by atoms with Crippen LogP contribution >= 0.6 is 0 Å². The number of nitrogens with one attached hydrogen (secondary N) is 1. The average Bonchev–Trinajstić information content (AvgIpc) is 2.30. The molecule has 0 saturated heterocycles. The Kier molecular flexibility index (Phi) is 2.42. The predicted octanol–water partition coefficient (Wildman–Crippen LogP) is -0.674. The van der Waals surface area contributed by atoms with E-state index in [4.69, 9.17) is 5.73 Å². The van der Waals surface area contributed by atoms with E-state index in [2.05, 4.69) is 20.4 Å². The van der Waals surface area contributed by atoms with Crippen molar-refractivity contribution in [3.8, 4) is 11.4 Å². The second kappa shape index (κ2) is 3.89. The van der Waals surface area contributed by atoms with Crippen LogP contribution in [0.1, 0.15) is 10.4 Å². The number of nitrogens with zero attached hydrogens (tertiary/aromatic N) is 3. The van der Waals surface area contributed by atoms with Gasteiger partial charge in [-0.1, -0.05) is 17.2 Å². The zero-order valence-corrected chi connectivity index (χ0v) is 8.04. The molecule has 7 nitrogen and oxygen atoms in total. The summed E-state index contributed by atoms with van der Waals surface area (Å²) in [6.07, 6.45) is 0. The highest BCUT2D eigenvalue weighted by molar-refractivity contribution is 5.93. The number of rotatable bonds is 2. The van der Waals surface area contributed by atoms with Crippen molar-refractivity contribution in [2.45, 2.75) is 0 Å². The normalized spacial score (nSPS) is 10.0. The number of hydrogen-bond acceptors (Lipinski definition) is 5. The first kappa shape index (κ1) is 9.97. The number of H-pyrrole nitrogens is 1. The maximum Gasteiger partial charge on any atom is 0.380 e. The van der Waals surface area contributed by atoms with E-state index in [0.29, 0.717) is 11.1 Å². The summed E-state index contributed by atoms with van der Waals surface area (Å²) in [6.45, 7) is 0. The third-order valence-corrected chi connectivity index (χ3v) is 1.92. The third-order valence-electron chi connectivity index (χ3n) is 1.92. The van der Waals surface area contributed by atoms with Crippen LogP contribution in [0.4, 0.5) is 0 Å². The number of amides is 1. The van der Waals surface area contributed by atoms with Crippen LogP contribution in [-0.2, 0) is 0 Å². The van der Waals surface area contributed by atoms with Crippen LogP contribution in [0, 0.1) is 0 Å². The molecule has 0 fully saturated rings. The van der Waals surface area contributed by atoms with Crippen LogP contribution in [0.25, 0.3) is 11.4 Å². The van der Waals surface area contributed by atoms with Crippen molar-refractivity contribution in [1.82, 2.24) is 20.4 Å². The maximum atomic E-state index is 10.8. The molecule has 1 aromatic carbocycles. The van der Waals surface area contributed by atoms with Gasteiger partial charge in [0.25, 0.3) is 0 Å². The van der Waals surface area contributed by atoms with Crippen LogP contribution in [0.5, 0.6) is 0 Å². The highest BCUT2D eigenvalue weighted by Gasteiger charge is 2.04. The Morgan fingerprint density at radius 3 is 2.38 bits per heavy atom. The fourth-order valence-electron chi connectivity index (χ4n) is 1.14. The summed E-state index contributed by atoms with van der Waals surface area (Å²) >= 11 is 0. The highest BCUT2D eigenvalue weighted by Crippen LogP contribution is 2.12. The summed E-state index contributed by atoms with van der Waals surface area (Å²) in [4.78, 5) is 21.5. The molecule has 0 aliphatic heterocycles. The lowest BCUT2D eigenvalue weighted by molar-refractivity contribution is 0.100. The van der Waals surface area contributed by atoms with E-state index < -0.39 is 11.6 Å². The Morgan fingerprint density at radius 1 is 1.19 bits per heavy atom. The maximum absolute atomic E-state index is 10.8. The zero-order chi connectivity index (χ0) is 11.5. The summed E-state index contributed by atoms with van der Waals surface area (Å²) in [6, 6.07) is 6.34. The van der Waals surface area contributed by atoms with Crippen LogP contribution in [0.3, 0.4) is 0 Å². The zero-order valence-electron chi connectivity index (χ0n) is 8.04. The second-order valence-electron chi connectivity index (χ2n) is 2.99. The van der Waals surface area contributed by atoms with Gasteiger partial charge >= 0.3 is 5.69 Å². The first-order chi connectivity index (χ1) is 7.66. The molecule has 0 bridgehead atoms. The monoisotopic (exact) mass is 217 g/mol. The lowest BCUT2D eigenvalue weighted by atomic mass is 10.1. The minimum Gasteiger partial charge on any atom is -0.366 e. The quantitative estimate of drug-likeness (QED) is 0.691. The number of carbonyl (C=O) groups is 1. The first-order valence-electron chi connectivity index (χ1n) is 4.36. The molecule has 0 atom stereocenters. The van der Waals surface area contributed by atoms with Gasteiger partial charge in [-0.3, -0.25) is 4.79 Å². The van der Waals surface area contributed by atoms with Crippen molar-refractivity contribution in [2.24, 2.45) is 5.73 Å². The molecular weight excluding hydrogens is 210 g/mol. The van der Waals surface area contributed by atoms with Gasteiger partial charge in [0.15, 0.2) is 0 Å². The van der Waals surface area contributed by atoms with E-state index in [1.54, 1.807) is 24.3 Å². The lowest BCUT2D eigenvalue weighted by Crippen LogP contribution is -2.14. The van der Waals surface area contributed by atoms with Crippen LogP contribution in [0.2, 0.25) is 0 Å². The van der Waals surface area contributed by atoms with Gasteiger partial charge in [0.05, 0.1) is 0 Å². The number of aromatic amines is 1. The molecule has 1 amide bonds. The molecule has 2 aromatic rings. The number of aromatic nitrogens is 4. The number of carbonyl (C=O) groups excluding carboxylic acids is 1. The van der Waals surface area contributed by atoms with Crippen molar-refractivity contribution in [1.29, 1.82) is 0 Å². The van der Waals surface area contributed by atoms with Gasteiger partial charge in [-0.05, 0) is 12.1 Å². The Balaban J connectivity index is 2.38. The standard InChI is InChI=1S/C9H7N5O2/c10-7(15)5-1-3-6(4-2-5)8-11-13-9(16)14-12-8/h1-4H,(H2,10,15)(H,13,14,16). The van der Waals surface area contributed by atoms with Gasteiger partial charge in [0.2, 0.25) is 11.7 Å². The third kappa shape index (κ3) is 1.92. The smallest absolute Gasteiger partial charge is 0.366 e. The van der Waals surface area contributed by atoms with E-state index in [0.717, 1.165) is 0 Å². The molecule has 3 N–H and O–H groups in total. The second-order valence-corrected chi connectivity index (χ2v) is 2.99. The molecule has 7 heteroatoms. The van der Waals surface area contributed by atoms with Gasteiger partial charge in [0.1, 0.15) is 0 Å². The topological polar surface area (TPSA) is 115 Å². The molecule has 0 unspecified atom stereocenters. The molecule has 2 rings (SSSR count). The van der Waals surface area contributed by atoms with Gasteiger partial charge in [-0.15, -0.1) is 10.2 Å². The van der Waals surface area contributed by atoms with Gasteiger partial charge in [-0.25, -0.2) is 9.89 Å². The predicted molar refractivity (Wildman–Crippen MR) is 54.4 cm³/mol. The Labute approximate surface area is 89.3 Å². The van der Waals surface area contributed by atoms with Gasteiger partial charge < -0.3 is 5.73 Å². The highest BCUT2D eigenvalue weighted by atomic mass is 16.1. The fraction of sp³-hybridized carbons (Fsp3) is 0. The van der Waals surface area contributed by atoms with E-state index in [-0.39, 0.29) is 5.82 Å². The summed E-state index contributed by atoms with van der Waals surface area (Å²) in [5.74, 6) is -0.234. The van der Waals surface area contributed by atoms with Crippen LogP contribution in [-0.4, -0.2) is 26.3 Å². The molecule has 0 aliphatic carbocycles. The first-order valence-corrected chi connectivity index (χ1v) is 4.36. The van der Waals surface area contributed by atoms with E-state index >= 15 is 0 Å². The summed E-state index contributed by atoms with van der Waals surface area (Å²) in [7, 11) is 0. The van der Waals surface area contributed by atoms with E-state index in [9.17, 15) is 9.59 Å². The van der Waals surface area contributed by atoms with Crippen molar-refractivity contribution < 1.29 is 4.79 Å². The number of nitrogens with two attached hydrogens (primary N) is 1. The fourth-order valence-corrected chi connectivity index (χ4v) is 1.14. The SMILES string of the molecule is NC(=O)c1ccc(-c2nnc(=O)[nH]n2)cc1. The number of benzene rings is 1. The molecule has 80 valence electrons. The van der Waals surface area contributed by atoms with Crippen molar-refractivity contribution in [2.75, 3.05) is 0 Å². The minimum absolute atomic E-state index is 0.274. The summed E-state index contributed by atoms with van der Waals surface area (Å²) < 4.78 is 0. The Morgan fingerprint density at radius 2 is 1.88 bits per heavy atom. The van der Waals surface area contributed by atoms with E-state index in [1.807, 2.05) is 0 Å². The van der Waals surface area contributed by atoms with Gasteiger partial charge in [-0.2, -0.15) is 0 Å². The van der Waals surface area contributed by atoms with Crippen LogP contribution < -0.4 is 11.4 Å². The van der Waals surface area contributed by atoms with Crippen molar-refractivity contribution in [3.63, 3.8) is 0 Å². The van der Waals surface area contributed by atoms with Crippen molar-refractivity contribution in [3.05, 3.63) is 40.3 Å². The molecule has 0 spiro atoms.